The Labute approximate surface area is 166 Å². The molecule has 2 atom stereocenters. The molecule has 3 heterocycles. The van der Waals surface area contributed by atoms with E-state index in [0.29, 0.717) is 31.8 Å². The second-order valence-electron chi connectivity index (χ2n) is 7.95. The summed E-state index contributed by atoms with van der Waals surface area (Å²) in [6.07, 6.45) is 2.83. The molecule has 0 radical (unpaired) electrons. The fourth-order valence-electron chi connectivity index (χ4n) is 4.56. The number of likely N-dealkylation sites (tertiary alicyclic amines) is 1. The number of amides is 1. The van der Waals surface area contributed by atoms with Gasteiger partial charge in [0.1, 0.15) is 0 Å². The fraction of sp³-hybridized carbons (Fsp3) is 0.750. The van der Waals surface area contributed by atoms with E-state index in [-0.39, 0.29) is 18.2 Å². The number of ether oxygens (including phenoxy) is 1. The molecular formula is C20H32N4O4. The van der Waals surface area contributed by atoms with Crippen LogP contribution < -0.4 is 0 Å². The summed E-state index contributed by atoms with van der Waals surface area (Å²) in [5, 5.41) is 16.3. The number of carbonyl (C=O) groups excluding carboxylic acids is 1. The number of carboxylic acid groups (broad SMARTS) is 1. The van der Waals surface area contributed by atoms with Crippen LogP contribution in [0, 0.1) is 19.8 Å². The van der Waals surface area contributed by atoms with Crippen LogP contribution in [0.4, 0.5) is 0 Å². The zero-order chi connectivity index (χ0) is 20.1. The van der Waals surface area contributed by atoms with Gasteiger partial charge in [0, 0.05) is 50.8 Å². The number of carbonyl (C=O) groups is 2. The maximum atomic E-state index is 12.8. The van der Waals surface area contributed by atoms with E-state index in [1.165, 1.54) is 0 Å². The number of aromatic nitrogens is 2. The molecular weight excluding hydrogens is 360 g/mol. The third-order valence-corrected chi connectivity index (χ3v) is 6.16. The second kappa shape index (κ2) is 9.52. The lowest BCUT2D eigenvalue weighted by atomic mass is 9.86. The highest BCUT2D eigenvalue weighted by atomic mass is 16.5. The van der Waals surface area contributed by atoms with Gasteiger partial charge in [-0.25, -0.2) is 0 Å². The first kappa shape index (κ1) is 20.8. The van der Waals surface area contributed by atoms with Gasteiger partial charge in [-0.15, -0.1) is 0 Å². The summed E-state index contributed by atoms with van der Waals surface area (Å²) in [6.45, 7) is 8.57. The quantitative estimate of drug-likeness (QED) is 0.727. The highest BCUT2D eigenvalue weighted by Crippen LogP contribution is 2.27. The van der Waals surface area contributed by atoms with E-state index in [2.05, 4.69) is 15.1 Å². The number of rotatable bonds is 7. The molecule has 0 saturated carbocycles. The molecule has 8 heteroatoms. The Bertz CT molecular complexity index is 664. The summed E-state index contributed by atoms with van der Waals surface area (Å²) in [4.78, 5) is 28.3. The number of hydrogen-bond donors (Lipinski definition) is 2. The van der Waals surface area contributed by atoms with Gasteiger partial charge in [-0.05, 0) is 44.6 Å². The number of nitrogens with zero attached hydrogens (tertiary/aromatic N) is 3. The lowest BCUT2D eigenvalue weighted by Gasteiger charge is -2.45. The van der Waals surface area contributed by atoms with Gasteiger partial charge in [0.2, 0.25) is 5.91 Å². The van der Waals surface area contributed by atoms with Crippen molar-refractivity contribution in [3.05, 3.63) is 17.0 Å². The maximum Gasteiger partial charge on any atom is 0.303 e. The molecule has 3 rings (SSSR count). The van der Waals surface area contributed by atoms with Crippen molar-refractivity contribution in [2.24, 2.45) is 5.92 Å². The smallest absolute Gasteiger partial charge is 0.303 e. The monoisotopic (exact) mass is 392 g/mol. The van der Waals surface area contributed by atoms with E-state index >= 15 is 0 Å². The van der Waals surface area contributed by atoms with Crippen molar-refractivity contribution < 1.29 is 19.4 Å². The summed E-state index contributed by atoms with van der Waals surface area (Å²) in [5.74, 6) is -0.417. The lowest BCUT2D eigenvalue weighted by Crippen LogP contribution is -2.55. The minimum absolute atomic E-state index is 0.153. The summed E-state index contributed by atoms with van der Waals surface area (Å²) < 4.78 is 5.46. The lowest BCUT2D eigenvalue weighted by molar-refractivity contribution is -0.138. The average Bonchev–Trinajstić information content (AvgIpc) is 3.02. The van der Waals surface area contributed by atoms with E-state index in [1.54, 1.807) is 0 Å². The molecule has 2 unspecified atom stereocenters. The topological polar surface area (TPSA) is 98.8 Å². The van der Waals surface area contributed by atoms with Crippen LogP contribution in [0.3, 0.4) is 0 Å². The normalized spacial score (nSPS) is 23.7. The van der Waals surface area contributed by atoms with Gasteiger partial charge in [0.05, 0.1) is 18.9 Å². The second-order valence-corrected chi connectivity index (χ2v) is 7.95. The molecule has 1 aromatic rings. The number of morpholine rings is 1. The van der Waals surface area contributed by atoms with Crippen molar-refractivity contribution in [3.63, 3.8) is 0 Å². The number of hydrogen-bond acceptors (Lipinski definition) is 5. The first-order valence-electron chi connectivity index (χ1n) is 10.3. The maximum absolute atomic E-state index is 12.8. The van der Waals surface area contributed by atoms with Gasteiger partial charge in [0.25, 0.3) is 0 Å². The molecule has 0 aliphatic carbocycles. The number of nitrogens with one attached hydrogen (secondary N) is 1. The Balaban J connectivity index is 1.59. The van der Waals surface area contributed by atoms with Crippen LogP contribution >= 0.6 is 0 Å². The Morgan fingerprint density at radius 2 is 1.96 bits per heavy atom. The van der Waals surface area contributed by atoms with E-state index in [0.717, 1.165) is 56.2 Å². The number of aryl methyl sites for hydroxylation is 2. The molecule has 2 aliphatic rings. The predicted octanol–water partition coefficient (Wildman–Crippen LogP) is 1.37. The van der Waals surface area contributed by atoms with E-state index < -0.39 is 5.97 Å². The molecule has 8 nitrogen and oxygen atoms in total. The van der Waals surface area contributed by atoms with Crippen molar-refractivity contribution in [2.75, 3.05) is 39.4 Å². The third-order valence-electron chi connectivity index (χ3n) is 6.16. The first-order valence-corrected chi connectivity index (χ1v) is 10.3. The highest BCUT2D eigenvalue weighted by Gasteiger charge is 2.35. The zero-order valence-corrected chi connectivity index (χ0v) is 16.9. The summed E-state index contributed by atoms with van der Waals surface area (Å²) >= 11 is 0. The number of carboxylic acids is 1. The number of H-pyrrole nitrogens is 1. The van der Waals surface area contributed by atoms with Gasteiger partial charge in [-0.3, -0.25) is 19.6 Å². The van der Waals surface area contributed by atoms with E-state index in [4.69, 9.17) is 9.84 Å². The van der Waals surface area contributed by atoms with Crippen LogP contribution in [0.5, 0.6) is 0 Å². The summed E-state index contributed by atoms with van der Waals surface area (Å²) in [7, 11) is 0. The summed E-state index contributed by atoms with van der Waals surface area (Å²) in [6, 6.07) is 0.339. The molecule has 0 bridgehead atoms. The SMILES string of the molecule is Cc1n[nH]c(C)c1CCC(=O)N1CCC(N2CCOCC2)C(CCC(=O)O)C1. The first-order chi connectivity index (χ1) is 13.5. The van der Waals surface area contributed by atoms with Crippen molar-refractivity contribution >= 4 is 11.9 Å². The third kappa shape index (κ3) is 5.11. The van der Waals surface area contributed by atoms with Gasteiger partial charge < -0.3 is 14.7 Å². The standard InChI is InChI=1S/C20H32N4O4/c1-14-17(15(2)22-21-14)4-5-19(25)24-8-7-18(23-9-11-28-12-10-23)16(13-24)3-6-20(26)27/h16,18H,3-13H2,1-2H3,(H,21,22)(H,26,27). The molecule has 1 aromatic heterocycles. The Morgan fingerprint density at radius 1 is 1.21 bits per heavy atom. The van der Waals surface area contributed by atoms with Crippen molar-refractivity contribution in [1.82, 2.24) is 20.0 Å². The Kier molecular flexibility index (Phi) is 7.07. The Morgan fingerprint density at radius 3 is 2.61 bits per heavy atom. The number of piperidine rings is 1. The van der Waals surface area contributed by atoms with Crippen LogP contribution in [-0.2, 0) is 20.7 Å². The van der Waals surface area contributed by atoms with Crippen molar-refractivity contribution in [3.8, 4) is 0 Å². The minimum atomic E-state index is -0.768. The molecule has 2 fully saturated rings. The molecule has 1 amide bonds. The molecule has 0 aromatic carbocycles. The molecule has 2 N–H and O–H groups in total. The minimum Gasteiger partial charge on any atom is -0.481 e. The van der Waals surface area contributed by atoms with E-state index in [9.17, 15) is 9.59 Å². The zero-order valence-electron chi connectivity index (χ0n) is 16.9. The van der Waals surface area contributed by atoms with Crippen LogP contribution in [0.25, 0.3) is 0 Å². The molecule has 156 valence electrons. The van der Waals surface area contributed by atoms with Crippen LogP contribution in [0.1, 0.15) is 42.6 Å². The Hall–Kier alpha value is -1.93. The molecule has 2 saturated heterocycles. The number of aliphatic carboxylic acids is 1. The fourth-order valence-corrected chi connectivity index (χ4v) is 4.56. The van der Waals surface area contributed by atoms with Crippen molar-refractivity contribution in [1.29, 1.82) is 0 Å². The predicted molar refractivity (Wildman–Crippen MR) is 104 cm³/mol. The average molecular weight is 393 g/mol. The van der Waals surface area contributed by atoms with Crippen LogP contribution in [0.2, 0.25) is 0 Å². The number of aromatic amines is 1. The van der Waals surface area contributed by atoms with Gasteiger partial charge in [-0.2, -0.15) is 5.10 Å². The van der Waals surface area contributed by atoms with Crippen molar-refractivity contribution in [2.45, 2.75) is 52.0 Å². The molecule has 28 heavy (non-hydrogen) atoms. The largest absolute Gasteiger partial charge is 0.481 e. The van der Waals surface area contributed by atoms with E-state index in [1.807, 2.05) is 18.7 Å². The highest BCUT2D eigenvalue weighted by molar-refractivity contribution is 5.76. The van der Waals surface area contributed by atoms with Gasteiger partial charge >= 0.3 is 5.97 Å². The van der Waals surface area contributed by atoms with Crippen LogP contribution in [-0.4, -0.2) is 82.4 Å². The van der Waals surface area contributed by atoms with Gasteiger partial charge in [-0.1, -0.05) is 0 Å². The van der Waals surface area contributed by atoms with Crippen LogP contribution in [0.15, 0.2) is 0 Å². The molecule has 2 aliphatic heterocycles. The molecule has 0 spiro atoms. The summed E-state index contributed by atoms with van der Waals surface area (Å²) in [5.41, 5.74) is 3.10. The van der Waals surface area contributed by atoms with Gasteiger partial charge in [0.15, 0.2) is 0 Å².